The van der Waals surface area contributed by atoms with E-state index >= 15 is 0 Å². The van der Waals surface area contributed by atoms with Crippen molar-refractivity contribution in [2.45, 2.75) is 78.2 Å². The van der Waals surface area contributed by atoms with Crippen molar-refractivity contribution in [3.8, 4) is 0 Å². The molecule has 27 heavy (non-hydrogen) atoms. The Balaban J connectivity index is 1.82. The molecular formula is C20H37N5O2. The van der Waals surface area contributed by atoms with Crippen LogP contribution >= 0.6 is 0 Å². The molecule has 0 aromatic heterocycles. The van der Waals surface area contributed by atoms with E-state index in [2.05, 4.69) is 29.8 Å². The zero-order valence-corrected chi connectivity index (χ0v) is 17.5. The molecule has 1 aliphatic carbocycles. The van der Waals surface area contributed by atoms with E-state index in [0.29, 0.717) is 31.3 Å². The highest BCUT2D eigenvalue weighted by atomic mass is 16.2. The van der Waals surface area contributed by atoms with Crippen molar-refractivity contribution in [3.05, 3.63) is 0 Å². The highest BCUT2D eigenvalue weighted by Crippen LogP contribution is 2.41. The van der Waals surface area contributed by atoms with E-state index in [1.54, 1.807) is 6.92 Å². The maximum atomic E-state index is 12.4. The molecule has 7 nitrogen and oxygen atoms in total. The summed E-state index contributed by atoms with van der Waals surface area (Å²) in [5.74, 6) is 0.703. The normalized spacial score (nSPS) is 25.0. The van der Waals surface area contributed by atoms with Crippen molar-refractivity contribution in [3.63, 3.8) is 0 Å². The molecule has 1 saturated heterocycles. The van der Waals surface area contributed by atoms with Crippen LogP contribution < -0.4 is 16.0 Å². The maximum absolute atomic E-state index is 12.4. The molecule has 2 aliphatic rings. The predicted molar refractivity (Wildman–Crippen MR) is 109 cm³/mol. The summed E-state index contributed by atoms with van der Waals surface area (Å²) in [6, 6.07) is -0.281. The van der Waals surface area contributed by atoms with Gasteiger partial charge in [0.2, 0.25) is 0 Å². The number of nitrogens with one attached hydrogen (secondary N) is 3. The van der Waals surface area contributed by atoms with Crippen molar-refractivity contribution in [2.75, 3.05) is 26.2 Å². The second-order valence-corrected chi connectivity index (χ2v) is 8.11. The van der Waals surface area contributed by atoms with Gasteiger partial charge in [0, 0.05) is 26.2 Å². The molecule has 1 heterocycles. The molecule has 1 saturated carbocycles. The lowest BCUT2D eigenvalue weighted by atomic mass is 9.84. The summed E-state index contributed by atoms with van der Waals surface area (Å²) in [4.78, 5) is 30.6. The summed E-state index contributed by atoms with van der Waals surface area (Å²) < 4.78 is 0. The van der Waals surface area contributed by atoms with Crippen LogP contribution in [0.2, 0.25) is 0 Å². The Morgan fingerprint density at radius 1 is 1.15 bits per heavy atom. The first-order chi connectivity index (χ1) is 12.9. The van der Waals surface area contributed by atoms with E-state index in [0.717, 1.165) is 19.0 Å². The van der Waals surface area contributed by atoms with Crippen molar-refractivity contribution >= 4 is 17.9 Å². The van der Waals surface area contributed by atoms with E-state index in [4.69, 9.17) is 4.99 Å². The summed E-state index contributed by atoms with van der Waals surface area (Å²) in [5, 5.41) is 9.43. The van der Waals surface area contributed by atoms with Crippen LogP contribution in [0.25, 0.3) is 0 Å². The molecular weight excluding hydrogens is 342 g/mol. The van der Waals surface area contributed by atoms with Gasteiger partial charge in [0.1, 0.15) is 5.54 Å². The lowest BCUT2D eigenvalue weighted by Crippen LogP contribution is -2.43. The SMILES string of the molecule is CCNC(=NCC1(CC)CCCC1)NCCCN1C(=O)NC(C)(CC)C1=O. The van der Waals surface area contributed by atoms with Gasteiger partial charge in [-0.25, -0.2) is 4.79 Å². The summed E-state index contributed by atoms with van der Waals surface area (Å²) in [5.41, 5.74) is -0.385. The minimum absolute atomic E-state index is 0.123. The molecule has 2 fully saturated rings. The zero-order valence-electron chi connectivity index (χ0n) is 17.5. The van der Waals surface area contributed by atoms with Gasteiger partial charge in [-0.15, -0.1) is 0 Å². The molecule has 3 N–H and O–H groups in total. The molecule has 0 aromatic rings. The Hall–Kier alpha value is -1.79. The van der Waals surface area contributed by atoms with Crippen LogP contribution in [0.3, 0.4) is 0 Å². The van der Waals surface area contributed by atoms with E-state index in [-0.39, 0.29) is 11.9 Å². The summed E-state index contributed by atoms with van der Waals surface area (Å²) in [7, 11) is 0. The van der Waals surface area contributed by atoms with Crippen molar-refractivity contribution in [1.29, 1.82) is 0 Å². The fourth-order valence-electron chi connectivity index (χ4n) is 3.97. The highest BCUT2D eigenvalue weighted by molar-refractivity contribution is 6.06. The van der Waals surface area contributed by atoms with Crippen molar-refractivity contribution in [2.24, 2.45) is 10.4 Å². The molecule has 154 valence electrons. The number of carbonyl (C=O) groups excluding carboxylic acids is 2. The molecule has 1 atom stereocenters. The Bertz CT molecular complexity index is 557. The number of aliphatic imine (C=N–C) groups is 1. The third-order valence-electron chi connectivity index (χ3n) is 6.23. The Morgan fingerprint density at radius 3 is 2.41 bits per heavy atom. The third-order valence-corrected chi connectivity index (χ3v) is 6.23. The number of guanidine groups is 1. The first-order valence-corrected chi connectivity index (χ1v) is 10.6. The van der Waals surface area contributed by atoms with Gasteiger partial charge >= 0.3 is 6.03 Å². The van der Waals surface area contributed by atoms with Gasteiger partial charge in [0.25, 0.3) is 5.91 Å². The standard InChI is InChI=1S/C20H37N5O2/c1-5-19(4)16(26)25(18(27)24-19)14-10-13-22-17(21-7-3)23-15-20(6-2)11-8-9-12-20/h5-15H2,1-4H3,(H,24,27)(H2,21,22,23). The minimum atomic E-state index is -0.753. The van der Waals surface area contributed by atoms with E-state index in [9.17, 15) is 9.59 Å². The molecule has 0 radical (unpaired) electrons. The first-order valence-electron chi connectivity index (χ1n) is 10.6. The van der Waals surface area contributed by atoms with Crippen molar-refractivity contribution < 1.29 is 9.59 Å². The first kappa shape index (κ1) is 21.5. The van der Waals surface area contributed by atoms with E-state index in [1.165, 1.54) is 37.0 Å². The smallest absolute Gasteiger partial charge is 0.325 e. The van der Waals surface area contributed by atoms with Crippen LogP contribution in [0.15, 0.2) is 4.99 Å². The van der Waals surface area contributed by atoms with Gasteiger partial charge in [0.05, 0.1) is 0 Å². The zero-order chi connectivity index (χ0) is 19.9. The molecule has 2 rings (SSSR count). The van der Waals surface area contributed by atoms with Gasteiger partial charge < -0.3 is 16.0 Å². The summed E-state index contributed by atoms with van der Waals surface area (Å²) in [6.45, 7) is 10.8. The Kier molecular flexibility index (Phi) is 7.50. The quantitative estimate of drug-likeness (QED) is 0.249. The maximum Gasteiger partial charge on any atom is 0.325 e. The van der Waals surface area contributed by atoms with Crippen molar-refractivity contribution in [1.82, 2.24) is 20.9 Å². The molecule has 0 aromatic carbocycles. The fraction of sp³-hybridized carbons (Fsp3) is 0.850. The lowest BCUT2D eigenvalue weighted by molar-refractivity contribution is -0.130. The topological polar surface area (TPSA) is 85.8 Å². The second kappa shape index (κ2) is 9.42. The Labute approximate surface area is 163 Å². The molecule has 0 spiro atoms. The van der Waals surface area contributed by atoms with Crippen LogP contribution in [0, 0.1) is 5.41 Å². The summed E-state index contributed by atoms with van der Waals surface area (Å²) >= 11 is 0. The number of hydrogen-bond acceptors (Lipinski definition) is 3. The van der Waals surface area contributed by atoms with Gasteiger partial charge in [-0.3, -0.25) is 14.7 Å². The molecule has 1 aliphatic heterocycles. The molecule has 3 amide bonds. The minimum Gasteiger partial charge on any atom is -0.357 e. The predicted octanol–water partition coefficient (Wildman–Crippen LogP) is 2.62. The number of urea groups is 1. The number of amides is 3. The third kappa shape index (κ3) is 5.14. The molecule has 1 unspecified atom stereocenters. The van der Waals surface area contributed by atoms with Crippen LogP contribution in [0.1, 0.15) is 72.6 Å². The van der Waals surface area contributed by atoms with Crippen LogP contribution in [-0.2, 0) is 4.79 Å². The second-order valence-electron chi connectivity index (χ2n) is 8.11. The number of imide groups is 1. The number of carbonyl (C=O) groups is 2. The van der Waals surface area contributed by atoms with Crippen LogP contribution in [-0.4, -0.2) is 54.5 Å². The monoisotopic (exact) mass is 379 g/mol. The van der Waals surface area contributed by atoms with Gasteiger partial charge in [-0.1, -0.05) is 26.7 Å². The molecule has 7 heteroatoms. The van der Waals surface area contributed by atoms with Gasteiger partial charge in [-0.2, -0.15) is 0 Å². The Morgan fingerprint density at radius 2 is 1.85 bits per heavy atom. The fourth-order valence-corrected chi connectivity index (χ4v) is 3.97. The van der Waals surface area contributed by atoms with Crippen LogP contribution in [0.5, 0.6) is 0 Å². The summed E-state index contributed by atoms with van der Waals surface area (Å²) in [6.07, 6.45) is 7.65. The number of hydrogen-bond donors (Lipinski definition) is 3. The lowest BCUT2D eigenvalue weighted by Gasteiger charge is -2.25. The highest BCUT2D eigenvalue weighted by Gasteiger charge is 2.45. The largest absolute Gasteiger partial charge is 0.357 e. The average molecular weight is 380 g/mol. The molecule has 0 bridgehead atoms. The van der Waals surface area contributed by atoms with E-state index in [1.807, 2.05) is 6.92 Å². The number of nitrogens with zero attached hydrogens (tertiary/aromatic N) is 2. The van der Waals surface area contributed by atoms with E-state index < -0.39 is 5.54 Å². The average Bonchev–Trinajstić information content (AvgIpc) is 3.22. The number of rotatable bonds is 9. The van der Waals surface area contributed by atoms with Crippen LogP contribution in [0.4, 0.5) is 4.79 Å². The van der Waals surface area contributed by atoms with Gasteiger partial charge in [-0.05, 0) is 51.4 Å². The van der Waals surface area contributed by atoms with Gasteiger partial charge in [0.15, 0.2) is 5.96 Å².